The molecule has 0 amide bonds. The van der Waals surface area contributed by atoms with Gasteiger partial charge in [-0.1, -0.05) is 55.1 Å². The highest BCUT2D eigenvalue weighted by atomic mass is 79.9. The van der Waals surface area contributed by atoms with Gasteiger partial charge >= 0.3 is 0 Å². The number of thiophene rings is 1. The minimum atomic E-state index is -0.0544. The van der Waals surface area contributed by atoms with Crippen molar-refractivity contribution in [1.29, 1.82) is 0 Å². The van der Waals surface area contributed by atoms with Crippen LogP contribution in [0.5, 0.6) is 5.75 Å². The smallest absolute Gasteiger partial charge is 0.123 e. The monoisotopic (exact) mass is 428 g/mol. The molecule has 1 heterocycles. The number of hydrogen-bond acceptors (Lipinski definition) is 2. The van der Waals surface area contributed by atoms with Crippen molar-refractivity contribution >= 4 is 66.4 Å². The van der Waals surface area contributed by atoms with Gasteiger partial charge in [-0.05, 0) is 24.3 Å². The van der Waals surface area contributed by atoms with Gasteiger partial charge in [0, 0.05) is 15.6 Å². The zero-order valence-corrected chi connectivity index (χ0v) is 14.7. The Morgan fingerprint density at radius 2 is 1.94 bits per heavy atom. The maximum absolute atomic E-state index is 6.18. The Hall–Kier alpha value is 0.260. The van der Waals surface area contributed by atoms with E-state index in [1.54, 1.807) is 7.11 Å². The molecule has 1 nitrogen and oxygen atoms in total. The van der Waals surface area contributed by atoms with Crippen LogP contribution in [0.25, 0.3) is 0 Å². The zero-order valence-electron chi connectivity index (χ0n) is 9.22. The fourth-order valence-corrected chi connectivity index (χ4v) is 4.51. The van der Waals surface area contributed by atoms with Crippen LogP contribution in [0.3, 0.4) is 0 Å². The highest BCUT2D eigenvalue weighted by Gasteiger charge is 2.20. The molecule has 2 aromatic rings. The molecule has 96 valence electrons. The van der Waals surface area contributed by atoms with Crippen LogP contribution < -0.4 is 4.74 Å². The third-order valence-electron chi connectivity index (χ3n) is 2.42. The van der Waals surface area contributed by atoms with Crippen LogP contribution in [0.1, 0.15) is 16.0 Å². The molecule has 0 saturated heterocycles. The van der Waals surface area contributed by atoms with E-state index in [0.29, 0.717) is 8.67 Å². The largest absolute Gasteiger partial charge is 0.496 e. The molecule has 2 rings (SSSR count). The van der Waals surface area contributed by atoms with Crippen LogP contribution in [-0.2, 0) is 0 Å². The maximum atomic E-state index is 6.18. The molecule has 0 saturated carbocycles. The molecule has 6 heteroatoms. The number of alkyl halides is 1. The van der Waals surface area contributed by atoms with Crippen molar-refractivity contribution in [2.75, 3.05) is 7.11 Å². The van der Waals surface area contributed by atoms with E-state index in [1.807, 2.05) is 24.3 Å². The van der Waals surface area contributed by atoms with Gasteiger partial charge in [-0.3, -0.25) is 0 Å². The second-order valence-electron chi connectivity index (χ2n) is 3.53. The van der Waals surface area contributed by atoms with Crippen molar-refractivity contribution in [3.63, 3.8) is 0 Å². The van der Waals surface area contributed by atoms with Gasteiger partial charge in [0.2, 0.25) is 0 Å². The minimum absolute atomic E-state index is 0.0544. The summed E-state index contributed by atoms with van der Waals surface area (Å²) in [7, 11) is 1.65. The average molecular weight is 431 g/mol. The quantitative estimate of drug-likeness (QED) is 0.518. The summed E-state index contributed by atoms with van der Waals surface area (Å²) in [5.74, 6) is 0.804. The van der Waals surface area contributed by atoms with Crippen LogP contribution in [0.4, 0.5) is 0 Å². The predicted octanol–water partition coefficient (Wildman–Crippen LogP) is 6.31. The molecule has 0 spiro atoms. The molecule has 1 aromatic heterocycles. The van der Waals surface area contributed by atoms with E-state index in [9.17, 15) is 0 Å². The molecule has 0 aliphatic heterocycles. The van der Waals surface area contributed by atoms with Crippen molar-refractivity contribution < 1.29 is 4.74 Å². The van der Waals surface area contributed by atoms with Gasteiger partial charge in [-0.25, -0.2) is 0 Å². The molecule has 1 aromatic carbocycles. The molecule has 0 bridgehead atoms. The van der Waals surface area contributed by atoms with E-state index >= 15 is 0 Å². The summed E-state index contributed by atoms with van der Waals surface area (Å²) in [6, 6.07) is 7.72. The van der Waals surface area contributed by atoms with Gasteiger partial charge in [0.05, 0.1) is 20.6 Å². The Bertz CT molecular complexity index is 571. The summed E-state index contributed by atoms with van der Waals surface area (Å²) in [4.78, 5) is -0.0544. The highest BCUT2D eigenvalue weighted by molar-refractivity contribution is 9.10. The zero-order chi connectivity index (χ0) is 13.3. The SMILES string of the molecule is COc1ccc(Br)cc1C(Br)c1cc(Cl)sc1Cl. The number of hydrogen-bond donors (Lipinski definition) is 0. The third-order valence-corrected chi connectivity index (χ3v) is 5.42. The number of ether oxygens (including phenoxy) is 1. The Kier molecular flexibility index (Phi) is 5.00. The Morgan fingerprint density at radius 3 is 2.50 bits per heavy atom. The molecular formula is C12H8Br2Cl2OS. The van der Waals surface area contributed by atoms with E-state index in [0.717, 1.165) is 21.3 Å². The fraction of sp³-hybridized carbons (Fsp3) is 0.167. The van der Waals surface area contributed by atoms with E-state index in [1.165, 1.54) is 11.3 Å². The molecule has 0 aliphatic rings. The van der Waals surface area contributed by atoms with Crippen molar-refractivity contribution in [1.82, 2.24) is 0 Å². The summed E-state index contributed by atoms with van der Waals surface area (Å²) in [6.07, 6.45) is 0. The minimum Gasteiger partial charge on any atom is -0.496 e. The summed E-state index contributed by atoms with van der Waals surface area (Å²) in [6.45, 7) is 0. The van der Waals surface area contributed by atoms with Gasteiger partial charge in [-0.15, -0.1) is 11.3 Å². The van der Waals surface area contributed by atoms with Crippen LogP contribution in [0, 0.1) is 0 Å². The van der Waals surface area contributed by atoms with E-state index in [-0.39, 0.29) is 4.83 Å². The van der Waals surface area contributed by atoms with E-state index in [4.69, 9.17) is 27.9 Å². The first-order chi connectivity index (χ1) is 8.52. The Balaban J connectivity index is 2.48. The topological polar surface area (TPSA) is 9.23 Å². The fourth-order valence-electron chi connectivity index (χ4n) is 1.60. The number of benzene rings is 1. The lowest BCUT2D eigenvalue weighted by atomic mass is 10.1. The summed E-state index contributed by atoms with van der Waals surface area (Å²) in [5.41, 5.74) is 1.95. The van der Waals surface area contributed by atoms with Crippen LogP contribution in [0.15, 0.2) is 28.7 Å². The lowest BCUT2D eigenvalue weighted by molar-refractivity contribution is 0.410. The number of rotatable bonds is 3. The maximum Gasteiger partial charge on any atom is 0.123 e. The van der Waals surface area contributed by atoms with Gasteiger partial charge in [0.1, 0.15) is 5.75 Å². The molecular weight excluding hydrogens is 423 g/mol. The summed E-state index contributed by atoms with van der Waals surface area (Å²) in [5, 5.41) is 0. The molecule has 1 unspecified atom stereocenters. The first-order valence-corrected chi connectivity index (χ1v) is 8.23. The lowest BCUT2D eigenvalue weighted by Gasteiger charge is -2.14. The number of halogens is 4. The van der Waals surface area contributed by atoms with Crippen molar-refractivity contribution in [2.24, 2.45) is 0 Å². The van der Waals surface area contributed by atoms with Gasteiger partial charge in [-0.2, -0.15) is 0 Å². The molecule has 0 radical (unpaired) electrons. The van der Waals surface area contributed by atoms with Gasteiger partial charge in [0.25, 0.3) is 0 Å². The van der Waals surface area contributed by atoms with E-state index in [2.05, 4.69) is 31.9 Å². The molecule has 1 atom stereocenters. The van der Waals surface area contributed by atoms with E-state index < -0.39 is 0 Å². The van der Waals surface area contributed by atoms with Crippen molar-refractivity contribution in [3.8, 4) is 5.75 Å². The summed E-state index contributed by atoms with van der Waals surface area (Å²) >= 11 is 20.6. The first kappa shape index (κ1) is 14.7. The average Bonchev–Trinajstić information content (AvgIpc) is 2.67. The Labute approximate surface area is 136 Å². The van der Waals surface area contributed by atoms with Crippen molar-refractivity contribution in [3.05, 3.63) is 48.5 Å². The highest BCUT2D eigenvalue weighted by Crippen LogP contribution is 2.44. The third kappa shape index (κ3) is 3.05. The standard InChI is InChI=1S/C12H8Br2Cl2OS/c1-17-9-3-2-6(13)4-7(9)11(14)8-5-10(15)18-12(8)16/h2-5,11H,1H3. The first-order valence-electron chi connectivity index (χ1n) is 4.95. The summed E-state index contributed by atoms with van der Waals surface area (Å²) < 4.78 is 7.71. The predicted molar refractivity (Wildman–Crippen MR) is 85.8 cm³/mol. The molecule has 0 N–H and O–H groups in total. The second-order valence-corrected chi connectivity index (χ2v) is 7.65. The Morgan fingerprint density at radius 1 is 1.22 bits per heavy atom. The second kappa shape index (κ2) is 6.14. The van der Waals surface area contributed by atoms with Crippen molar-refractivity contribution in [2.45, 2.75) is 4.83 Å². The molecule has 0 fully saturated rings. The molecule has 18 heavy (non-hydrogen) atoms. The van der Waals surface area contributed by atoms with Gasteiger partial charge < -0.3 is 4.74 Å². The number of methoxy groups -OCH3 is 1. The lowest BCUT2D eigenvalue weighted by Crippen LogP contribution is -1.96. The molecule has 0 aliphatic carbocycles. The van der Waals surface area contributed by atoms with Crippen LogP contribution in [0.2, 0.25) is 8.67 Å². The normalized spacial score (nSPS) is 12.5. The van der Waals surface area contributed by atoms with Gasteiger partial charge in [0.15, 0.2) is 0 Å². The van der Waals surface area contributed by atoms with Crippen LogP contribution >= 0.6 is 66.4 Å². The van der Waals surface area contributed by atoms with Crippen LogP contribution in [-0.4, -0.2) is 7.11 Å².